The van der Waals surface area contributed by atoms with E-state index in [1.807, 2.05) is 0 Å². The molecule has 11 heteroatoms. The van der Waals surface area contributed by atoms with E-state index in [4.69, 9.17) is 9.15 Å². The third-order valence-electron chi connectivity index (χ3n) is 5.26. The highest BCUT2D eigenvalue weighted by molar-refractivity contribution is 7.88. The van der Waals surface area contributed by atoms with Gasteiger partial charge in [0.2, 0.25) is 15.9 Å². The molecule has 3 amide bonds. The van der Waals surface area contributed by atoms with E-state index in [-0.39, 0.29) is 30.5 Å². The molecular weight excluding hydrogens is 441 g/mol. The maximum absolute atomic E-state index is 14.0. The number of halogens is 1. The van der Waals surface area contributed by atoms with Crippen LogP contribution >= 0.6 is 0 Å². The number of hydrogen-bond acceptors (Lipinski definition) is 6. The summed E-state index contributed by atoms with van der Waals surface area (Å²) in [5.41, 5.74) is 1.15. The second kappa shape index (κ2) is 8.91. The number of nitrogens with one attached hydrogen (secondary N) is 2. The molecule has 2 aromatic rings. The molecule has 0 radical (unpaired) electrons. The zero-order valence-corrected chi connectivity index (χ0v) is 18.3. The average Bonchev–Trinajstić information content (AvgIpc) is 3.36. The van der Waals surface area contributed by atoms with Crippen LogP contribution in [0.3, 0.4) is 0 Å². The lowest BCUT2D eigenvalue weighted by Gasteiger charge is -2.16. The molecule has 1 saturated heterocycles. The first kappa shape index (κ1) is 22.3. The van der Waals surface area contributed by atoms with Crippen LogP contribution in [0.4, 0.5) is 9.18 Å². The molecule has 2 heterocycles. The summed E-state index contributed by atoms with van der Waals surface area (Å²) in [6.45, 7) is 2.19. The van der Waals surface area contributed by atoms with Crippen molar-refractivity contribution in [1.29, 1.82) is 0 Å². The Hall–Kier alpha value is -2.92. The van der Waals surface area contributed by atoms with Crippen molar-refractivity contribution in [2.24, 2.45) is 5.92 Å². The van der Waals surface area contributed by atoms with Crippen molar-refractivity contribution >= 4 is 22.0 Å². The highest BCUT2D eigenvalue weighted by Gasteiger charge is 2.27. The molecule has 1 saturated carbocycles. The van der Waals surface area contributed by atoms with Crippen LogP contribution < -0.4 is 14.8 Å². The van der Waals surface area contributed by atoms with E-state index >= 15 is 0 Å². The number of amides is 3. The summed E-state index contributed by atoms with van der Waals surface area (Å²) >= 11 is 0. The van der Waals surface area contributed by atoms with Crippen LogP contribution in [0, 0.1) is 11.7 Å². The van der Waals surface area contributed by atoms with Crippen molar-refractivity contribution in [3.63, 3.8) is 0 Å². The highest BCUT2D eigenvalue weighted by atomic mass is 32.2. The first-order valence-electron chi connectivity index (χ1n) is 10.3. The molecule has 2 N–H and O–H groups in total. The number of sulfonamides is 1. The van der Waals surface area contributed by atoms with E-state index in [0.29, 0.717) is 23.7 Å². The fraction of sp³-hybridized carbons (Fsp3) is 0.429. The summed E-state index contributed by atoms with van der Waals surface area (Å²) in [6.07, 6.45) is 3.51. The molecular formula is C21H24FN3O6S. The molecule has 1 aliphatic heterocycles. The van der Waals surface area contributed by atoms with Crippen molar-refractivity contribution in [3.05, 3.63) is 53.2 Å². The summed E-state index contributed by atoms with van der Waals surface area (Å²) in [7, 11) is -3.78. The topological polar surface area (TPSA) is 118 Å². The second-order valence-electron chi connectivity index (χ2n) is 8.17. The first-order chi connectivity index (χ1) is 15.2. The van der Waals surface area contributed by atoms with Gasteiger partial charge in [0.15, 0.2) is 11.6 Å². The van der Waals surface area contributed by atoms with Crippen molar-refractivity contribution in [2.45, 2.75) is 38.1 Å². The van der Waals surface area contributed by atoms with Crippen molar-refractivity contribution in [2.75, 3.05) is 13.2 Å². The molecule has 2 fully saturated rings. The number of benzene rings is 1. The fourth-order valence-electron chi connectivity index (χ4n) is 3.37. The number of hydrogen-bond donors (Lipinski definition) is 2. The van der Waals surface area contributed by atoms with Crippen LogP contribution in [0.5, 0.6) is 5.75 Å². The second-order valence-corrected chi connectivity index (χ2v) is 9.93. The number of ether oxygens (including phenoxy) is 1. The predicted molar refractivity (Wildman–Crippen MR) is 111 cm³/mol. The van der Waals surface area contributed by atoms with Gasteiger partial charge in [0.25, 0.3) is 0 Å². The number of imide groups is 1. The number of carbonyl (C=O) groups is 2. The number of rotatable bonds is 10. The van der Waals surface area contributed by atoms with Crippen LogP contribution in [-0.4, -0.2) is 38.4 Å². The van der Waals surface area contributed by atoms with Gasteiger partial charge in [-0.25, -0.2) is 22.3 Å². The Morgan fingerprint density at radius 1 is 1.31 bits per heavy atom. The number of urea groups is 1. The Morgan fingerprint density at radius 2 is 2.09 bits per heavy atom. The highest BCUT2D eigenvalue weighted by Crippen LogP contribution is 2.31. The molecule has 1 aromatic heterocycles. The molecule has 172 valence electrons. The smallest absolute Gasteiger partial charge is 0.324 e. The Bertz CT molecular complexity index is 1130. The minimum Gasteiger partial charge on any atom is -0.490 e. The Morgan fingerprint density at radius 3 is 2.78 bits per heavy atom. The molecule has 1 aromatic carbocycles. The van der Waals surface area contributed by atoms with Gasteiger partial charge in [-0.3, -0.25) is 10.1 Å². The van der Waals surface area contributed by atoms with Gasteiger partial charge in [-0.15, -0.1) is 0 Å². The minimum absolute atomic E-state index is 0.0548. The third kappa shape index (κ3) is 5.65. The van der Waals surface area contributed by atoms with Gasteiger partial charge in [0.1, 0.15) is 18.1 Å². The lowest BCUT2D eigenvalue weighted by Crippen LogP contribution is -2.28. The van der Waals surface area contributed by atoms with Crippen molar-refractivity contribution in [1.82, 2.24) is 14.9 Å². The summed E-state index contributed by atoms with van der Waals surface area (Å²) in [6, 6.07) is 4.71. The maximum atomic E-state index is 14.0. The summed E-state index contributed by atoms with van der Waals surface area (Å²) in [5, 5.41) is 2.17. The van der Waals surface area contributed by atoms with Gasteiger partial charge >= 0.3 is 6.03 Å². The van der Waals surface area contributed by atoms with Gasteiger partial charge in [0, 0.05) is 11.6 Å². The first-order valence-corrected chi connectivity index (χ1v) is 11.9. The van der Waals surface area contributed by atoms with Crippen LogP contribution in [0.25, 0.3) is 0 Å². The molecule has 9 nitrogen and oxygen atoms in total. The number of furan rings is 1. The molecule has 0 spiro atoms. The largest absolute Gasteiger partial charge is 0.490 e. The lowest BCUT2D eigenvalue weighted by atomic mass is 10.1. The van der Waals surface area contributed by atoms with Gasteiger partial charge in [-0.05, 0) is 49.4 Å². The zero-order chi connectivity index (χ0) is 22.9. The molecule has 1 aliphatic carbocycles. The van der Waals surface area contributed by atoms with Gasteiger partial charge in [-0.1, -0.05) is 6.07 Å². The molecule has 0 bridgehead atoms. The minimum atomic E-state index is -3.78. The summed E-state index contributed by atoms with van der Waals surface area (Å²) < 4.78 is 52.6. The van der Waals surface area contributed by atoms with E-state index in [9.17, 15) is 22.4 Å². The summed E-state index contributed by atoms with van der Waals surface area (Å²) in [5.74, 6) is -0.511. The van der Waals surface area contributed by atoms with Crippen LogP contribution in [-0.2, 0) is 27.1 Å². The average molecular weight is 466 g/mol. The quantitative estimate of drug-likeness (QED) is 0.521. The Kier molecular flexibility index (Phi) is 6.20. The maximum Gasteiger partial charge on any atom is 0.324 e. The van der Waals surface area contributed by atoms with Crippen molar-refractivity contribution < 1.29 is 31.6 Å². The van der Waals surface area contributed by atoms with Gasteiger partial charge in [-0.2, -0.15) is 0 Å². The Labute approximate surface area is 185 Å². The van der Waals surface area contributed by atoms with E-state index in [2.05, 4.69) is 10.0 Å². The van der Waals surface area contributed by atoms with E-state index < -0.39 is 33.7 Å². The van der Waals surface area contributed by atoms with Crippen molar-refractivity contribution in [3.8, 4) is 5.75 Å². The molecule has 0 unspecified atom stereocenters. The molecule has 1 atom stereocenters. The van der Waals surface area contributed by atoms with E-state index in [1.54, 1.807) is 6.92 Å². The van der Waals surface area contributed by atoms with Gasteiger partial charge < -0.3 is 14.1 Å². The normalized spacial score (nSPS) is 17.5. The number of nitrogens with zero attached hydrogens (tertiary/aromatic N) is 1. The lowest BCUT2D eigenvalue weighted by molar-refractivity contribution is -0.118. The van der Waals surface area contributed by atoms with Crippen LogP contribution in [0.15, 0.2) is 34.9 Å². The van der Waals surface area contributed by atoms with Crippen LogP contribution in [0.2, 0.25) is 0 Å². The van der Waals surface area contributed by atoms with E-state index in [0.717, 1.165) is 12.8 Å². The molecule has 4 rings (SSSR count). The zero-order valence-electron chi connectivity index (χ0n) is 17.5. The number of carbonyl (C=O) groups excluding carboxylic acids is 2. The molecule has 32 heavy (non-hydrogen) atoms. The third-order valence-corrected chi connectivity index (χ3v) is 6.64. The standard InChI is InChI=1S/C21H24FN3O6S/c1-13(16-4-5-18(22)19(7-16)31-10-14-2-3-14)24-32(28,29)12-17-6-15(11-30-17)8-25-9-20(26)23-21(25)27/h4-7,11,13-14,24H,2-3,8-10,12H2,1H3,(H,23,26,27)/t13-/m1/s1. The Balaban J connectivity index is 1.36. The van der Waals surface area contributed by atoms with Crippen LogP contribution in [0.1, 0.15) is 42.7 Å². The predicted octanol–water partition coefficient (Wildman–Crippen LogP) is 2.44. The van der Waals surface area contributed by atoms with E-state index in [1.165, 1.54) is 35.4 Å². The monoisotopic (exact) mass is 465 g/mol. The summed E-state index contributed by atoms with van der Waals surface area (Å²) in [4.78, 5) is 24.2. The SMILES string of the molecule is C[C@@H](NS(=O)(=O)Cc1cc(CN2CC(=O)NC2=O)co1)c1ccc(F)c(OCC2CC2)c1. The fourth-order valence-corrected chi connectivity index (χ4v) is 4.66. The van der Waals surface area contributed by atoms with Gasteiger partial charge in [0.05, 0.1) is 19.4 Å². The molecule has 2 aliphatic rings.